The van der Waals surface area contributed by atoms with E-state index in [2.05, 4.69) is 69.3 Å². The van der Waals surface area contributed by atoms with Gasteiger partial charge in [0, 0.05) is 5.92 Å². The van der Waals surface area contributed by atoms with Crippen LogP contribution in [0.15, 0.2) is 60.7 Å². The highest BCUT2D eigenvalue weighted by Gasteiger charge is 2.48. The Balaban J connectivity index is 1.92. The van der Waals surface area contributed by atoms with Gasteiger partial charge in [0.2, 0.25) is 9.04 Å². The molecule has 0 radical (unpaired) electrons. The lowest BCUT2D eigenvalue weighted by Gasteiger charge is -2.35. The van der Waals surface area contributed by atoms with E-state index in [4.69, 9.17) is 4.43 Å². The molecule has 0 heterocycles. The lowest BCUT2D eigenvalue weighted by atomic mass is 9.86. The summed E-state index contributed by atoms with van der Waals surface area (Å²) in [5, 5.41) is 2.59. The van der Waals surface area contributed by atoms with Crippen molar-refractivity contribution >= 4 is 25.7 Å². The normalized spacial score (nSPS) is 21.5. The van der Waals surface area contributed by atoms with Gasteiger partial charge < -0.3 is 9.22 Å². The van der Waals surface area contributed by atoms with E-state index in [-0.39, 0.29) is 17.4 Å². The van der Waals surface area contributed by atoms with Crippen LogP contribution in [-0.4, -0.2) is 21.4 Å². The van der Waals surface area contributed by atoms with E-state index < -0.39 is 9.04 Å². The molecular formula is C21H26O2Si. The van der Waals surface area contributed by atoms with Gasteiger partial charge in [-0.05, 0) is 28.1 Å². The summed E-state index contributed by atoms with van der Waals surface area (Å²) in [5.41, 5.74) is 0.0250. The first kappa shape index (κ1) is 17.1. The van der Waals surface area contributed by atoms with Crippen molar-refractivity contribution < 1.29 is 9.22 Å². The molecule has 0 saturated heterocycles. The van der Waals surface area contributed by atoms with Gasteiger partial charge in [0.15, 0.2) is 0 Å². The van der Waals surface area contributed by atoms with E-state index in [1.807, 2.05) is 12.1 Å². The molecule has 0 aliphatic heterocycles. The van der Waals surface area contributed by atoms with Crippen molar-refractivity contribution in [3.8, 4) is 0 Å². The smallest absolute Gasteiger partial charge is 0.240 e. The standard InChI is InChI=1S/C21H26O2Si/c1-21(2,3)20(19-14-16(19)15-22)23-24(17-10-6-4-7-11-17)18-12-8-5-9-13-18/h4-13,15-16,19-20,24H,14H2,1-3H3. The van der Waals surface area contributed by atoms with Crippen LogP contribution in [0.25, 0.3) is 0 Å². The summed E-state index contributed by atoms with van der Waals surface area (Å²) in [6.45, 7) is 6.66. The number of carbonyl (C=O) groups is 1. The number of rotatable bonds is 6. The van der Waals surface area contributed by atoms with Crippen LogP contribution in [0.1, 0.15) is 27.2 Å². The third-order valence-electron chi connectivity index (χ3n) is 4.80. The highest BCUT2D eigenvalue weighted by Crippen LogP contribution is 2.46. The summed E-state index contributed by atoms with van der Waals surface area (Å²) in [4.78, 5) is 11.2. The van der Waals surface area contributed by atoms with E-state index in [1.54, 1.807) is 0 Å². The van der Waals surface area contributed by atoms with E-state index in [1.165, 1.54) is 10.4 Å². The Hall–Kier alpha value is -1.71. The van der Waals surface area contributed by atoms with Gasteiger partial charge in [0.05, 0.1) is 6.10 Å². The molecule has 1 aliphatic carbocycles. The Morgan fingerprint density at radius 3 is 1.88 bits per heavy atom. The van der Waals surface area contributed by atoms with Crippen LogP contribution in [0.2, 0.25) is 0 Å². The molecular weight excluding hydrogens is 312 g/mol. The summed E-state index contributed by atoms with van der Waals surface area (Å²) >= 11 is 0. The summed E-state index contributed by atoms with van der Waals surface area (Å²) in [5.74, 6) is 0.542. The monoisotopic (exact) mass is 338 g/mol. The Morgan fingerprint density at radius 1 is 1.00 bits per heavy atom. The molecule has 3 atom stereocenters. The predicted molar refractivity (Wildman–Crippen MR) is 101 cm³/mol. The van der Waals surface area contributed by atoms with Crippen LogP contribution in [0.3, 0.4) is 0 Å². The number of hydrogen-bond donors (Lipinski definition) is 0. The zero-order chi connectivity index (χ0) is 17.2. The molecule has 2 nitrogen and oxygen atoms in total. The van der Waals surface area contributed by atoms with Crippen molar-refractivity contribution in [3.05, 3.63) is 60.7 Å². The van der Waals surface area contributed by atoms with Gasteiger partial charge in [-0.3, -0.25) is 0 Å². The summed E-state index contributed by atoms with van der Waals surface area (Å²) < 4.78 is 6.82. The molecule has 3 rings (SSSR count). The molecule has 0 N–H and O–H groups in total. The number of carbonyl (C=O) groups excluding carboxylic acids is 1. The van der Waals surface area contributed by atoms with Crippen molar-refractivity contribution in [1.29, 1.82) is 0 Å². The molecule has 1 aliphatic rings. The molecule has 0 aromatic heterocycles. The molecule has 2 aromatic carbocycles. The Kier molecular flexibility index (Phi) is 5.02. The molecule has 0 amide bonds. The molecule has 1 fully saturated rings. The van der Waals surface area contributed by atoms with Crippen LogP contribution in [0, 0.1) is 17.3 Å². The molecule has 1 saturated carbocycles. The van der Waals surface area contributed by atoms with Crippen molar-refractivity contribution in [2.24, 2.45) is 17.3 Å². The first-order valence-electron chi connectivity index (χ1n) is 8.71. The van der Waals surface area contributed by atoms with Crippen molar-refractivity contribution in [3.63, 3.8) is 0 Å². The predicted octanol–water partition coefficient (Wildman–Crippen LogP) is 2.79. The van der Waals surface area contributed by atoms with Gasteiger partial charge >= 0.3 is 0 Å². The van der Waals surface area contributed by atoms with Gasteiger partial charge in [-0.2, -0.15) is 0 Å². The highest BCUT2D eigenvalue weighted by molar-refractivity contribution is 6.80. The molecule has 126 valence electrons. The van der Waals surface area contributed by atoms with Crippen molar-refractivity contribution in [2.75, 3.05) is 0 Å². The second-order valence-electron chi connectivity index (χ2n) is 7.82. The van der Waals surface area contributed by atoms with Gasteiger partial charge in [-0.1, -0.05) is 81.4 Å². The molecule has 24 heavy (non-hydrogen) atoms. The third kappa shape index (κ3) is 3.85. The summed E-state index contributed by atoms with van der Waals surface area (Å²) in [7, 11) is -1.78. The molecule has 0 bridgehead atoms. The molecule has 3 heteroatoms. The average molecular weight is 339 g/mol. The zero-order valence-corrected chi connectivity index (χ0v) is 15.8. The number of benzene rings is 2. The van der Waals surface area contributed by atoms with Crippen LogP contribution in [0.5, 0.6) is 0 Å². The van der Waals surface area contributed by atoms with E-state index in [0.29, 0.717) is 5.92 Å². The lowest BCUT2D eigenvalue weighted by Crippen LogP contribution is -2.50. The summed E-state index contributed by atoms with van der Waals surface area (Å²) in [6, 6.07) is 21.1. The first-order valence-corrected chi connectivity index (χ1v) is 10.3. The average Bonchev–Trinajstić information content (AvgIpc) is 3.35. The van der Waals surface area contributed by atoms with Crippen molar-refractivity contribution in [1.82, 2.24) is 0 Å². The molecule has 3 unspecified atom stereocenters. The van der Waals surface area contributed by atoms with E-state index in [9.17, 15) is 4.79 Å². The van der Waals surface area contributed by atoms with Crippen LogP contribution in [0.4, 0.5) is 0 Å². The van der Waals surface area contributed by atoms with E-state index >= 15 is 0 Å². The highest BCUT2D eigenvalue weighted by atomic mass is 28.3. The fraction of sp³-hybridized carbons (Fsp3) is 0.381. The number of aldehydes is 1. The van der Waals surface area contributed by atoms with Crippen molar-refractivity contribution in [2.45, 2.75) is 33.3 Å². The number of hydrogen-bond acceptors (Lipinski definition) is 2. The lowest BCUT2D eigenvalue weighted by molar-refractivity contribution is -0.109. The van der Waals surface area contributed by atoms with Crippen LogP contribution < -0.4 is 10.4 Å². The zero-order valence-electron chi connectivity index (χ0n) is 14.7. The van der Waals surface area contributed by atoms with Gasteiger partial charge in [0.25, 0.3) is 0 Å². The largest absolute Gasteiger partial charge is 0.407 e. The van der Waals surface area contributed by atoms with Crippen LogP contribution >= 0.6 is 0 Å². The second-order valence-corrected chi connectivity index (χ2v) is 10.2. The maximum atomic E-state index is 11.2. The molecule has 2 aromatic rings. The van der Waals surface area contributed by atoms with Gasteiger partial charge in [-0.25, -0.2) is 0 Å². The fourth-order valence-corrected chi connectivity index (χ4v) is 6.19. The Morgan fingerprint density at radius 2 is 1.50 bits per heavy atom. The topological polar surface area (TPSA) is 26.3 Å². The quantitative estimate of drug-likeness (QED) is 0.598. The van der Waals surface area contributed by atoms with Gasteiger partial charge in [0.1, 0.15) is 6.29 Å². The molecule has 0 spiro atoms. The van der Waals surface area contributed by atoms with Gasteiger partial charge in [-0.15, -0.1) is 0 Å². The SMILES string of the molecule is CC(C)(C)C(O[SiH](c1ccccc1)c1ccccc1)C1CC1C=O. The fourth-order valence-electron chi connectivity index (χ4n) is 3.44. The Labute approximate surface area is 146 Å². The minimum atomic E-state index is -1.78. The Bertz CT molecular complexity index is 624. The van der Waals surface area contributed by atoms with E-state index in [0.717, 1.165) is 12.7 Å². The summed E-state index contributed by atoms with van der Waals surface area (Å²) in [6.07, 6.45) is 2.19. The maximum absolute atomic E-state index is 11.2. The maximum Gasteiger partial charge on any atom is 0.240 e. The minimum absolute atomic E-state index is 0.0250. The third-order valence-corrected chi connectivity index (χ3v) is 7.34. The second kappa shape index (κ2) is 7.04. The first-order chi connectivity index (χ1) is 11.5. The van der Waals surface area contributed by atoms with Crippen LogP contribution in [-0.2, 0) is 9.22 Å². The minimum Gasteiger partial charge on any atom is -0.407 e.